The number of pyridine rings is 2. The molecule has 4 rings (SSSR count). The van der Waals surface area contributed by atoms with E-state index >= 15 is 0 Å². The Balaban J connectivity index is 1.96. The standard InChI is InChI=1S/C19H12ClN3O2/c20-12-2-1-3-13(9-12)22-18-15-6-7-21-10-16(15)14-5-4-11(19(24)25)8-17(14)23-18/h1-10H,(H,22,23)(H,24,25)/p-1. The summed E-state index contributed by atoms with van der Waals surface area (Å²) in [6.07, 6.45) is 3.43. The Morgan fingerprint density at radius 3 is 2.72 bits per heavy atom. The highest BCUT2D eigenvalue weighted by Gasteiger charge is 2.10. The molecule has 0 bridgehead atoms. The number of aromatic nitrogens is 2. The first-order valence-electron chi connectivity index (χ1n) is 7.53. The fourth-order valence-electron chi connectivity index (χ4n) is 2.77. The molecule has 2 aromatic heterocycles. The molecule has 0 aliphatic carbocycles. The van der Waals surface area contributed by atoms with Crippen LogP contribution < -0.4 is 10.4 Å². The van der Waals surface area contributed by atoms with Gasteiger partial charge in [0.15, 0.2) is 0 Å². The van der Waals surface area contributed by atoms with Gasteiger partial charge in [-0.15, -0.1) is 0 Å². The van der Waals surface area contributed by atoms with Crippen molar-refractivity contribution in [3.63, 3.8) is 0 Å². The number of hydrogen-bond acceptors (Lipinski definition) is 5. The number of carboxylic acid groups (broad SMARTS) is 1. The predicted molar refractivity (Wildman–Crippen MR) is 96.1 cm³/mol. The zero-order valence-corrected chi connectivity index (χ0v) is 13.6. The van der Waals surface area contributed by atoms with Gasteiger partial charge in [0.05, 0.1) is 11.5 Å². The summed E-state index contributed by atoms with van der Waals surface area (Å²) in [4.78, 5) is 19.9. The van der Waals surface area contributed by atoms with Gasteiger partial charge in [-0.25, -0.2) is 4.98 Å². The maximum Gasteiger partial charge on any atom is 0.139 e. The highest BCUT2D eigenvalue weighted by Crippen LogP contribution is 2.31. The maximum atomic E-state index is 11.1. The monoisotopic (exact) mass is 348 g/mol. The predicted octanol–water partition coefficient (Wildman–Crippen LogP) is 3.54. The van der Waals surface area contributed by atoms with Crippen molar-refractivity contribution in [3.8, 4) is 0 Å². The number of carbonyl (C=O) groups is 1. The smallest absolute Gasteiger partial charge is 0.139 e. The molecule has 0 radical (unpaired) electrons. The SMILES string of the molecule is O=C([O-])c1ccc2c(c1)nc(Nc1cccc(Cl)c1)c1ccncc12. The van der Waals surface area contributed by atoms with Crippen LogP contribution in [0.4, 0.5) is 11.5 Å². The van der Waals surface area contributed by atoms with Gasteiger partial charge in [0.1, 0.15) is 5.82 Å². The number of nitrogens with zero attached hydrogens (tertiary/aromatic N) is 2. The summed E-state index contributed by atoms with van der Waals surface area (Å²) in [6.45, 7) is 0. The molecule has 1 N–H and O–H groups in total. The molecule has 5 nitrogen and oxygen atoms in total. The van der Waals surface area contributed by atoms with Crippen LogP contribution in [0.3, 0.4) is 0 Å². The van der Waals surface area contributed by atoms with E-state index in [0.29, 0.717) is 16.4 Å². The van der Waals surface area contributed by atoms with E-state index in [-0.39, 0.29) is 5.56 Å². The Hall–Kier alpha value is -3.18. The lowest BCUT2D eigenvalue weighted by molar-refractivity contribution is -0.255. The minimum absolute atomic E-state index is 0.0805. The average molecular weight is 349 g/mol. The van der Waals surface area contributed by atoms with Gasteiger partial charge in [0.25, 0.3) is 0 Å². The van der Waals surface area contributed by atoms with Crippen LogP contribution in [0.2, 0.25) is 5.02 Å². The third-order valence-corrected chi connectivity index (χ3v) is 4.15. The molecule has 0 amide bonds. The molecule has 2 heterocycles. The molecule has 0 saturated carbocycles. The van der Waals surface area contributed by atoms with Crippen LogP contribution >= 0.6 is 11.6 Å². The van der Waals surface area contributed by atoms with Crippen molar-refractivity contribution >= 4 is 50.8 Å². The van der Waals surface area contributed by atoms with Crippen LogP contribution in [-0.2, 0) is 0 Å². The highest BCUT2D eigenvalue weighted by molar-refractivity contribution is 6.30. The van der Waals surface area contributed by atoms with Gasteiger partial charge in [0, 0.05) is 39.3 Å². The number of benzene rings is 2. The number of nitrogens with one attached hydrogen (secondary N) is 1. The Kier molecular flexibility index (Phi) is 3.71. The summed E-state index contributed by atoms with van der Waals surface area (Å²) in [6, 6.07) is 13.9. The van der Waals surface area contributed by atoms with E-state index in [1.54, 1.807) is 30.6 Å². The van der Waals surface area contributed by atoms with E-state index in [4.69, 9.17) is 11.6 Å². The van der Waals surface area contributed by atoms with Crippen LogP contribution in [0.15, 0.2) is 60.9 Å². The summed E-state index contributed by atoms with van der Waals surface area (Å²) in [7, 11) is 0. The molecule has 0 saturated heterocycles. The lowest BCUT2D eigenvalue weighted by atomic mass is 10.1. The molecule has 6 heteroatoms. The number of hydrogen-bond donors (Lipinski definition) is 1. The van der Waals surface area contributed by atoms with Crippen molar-refractivity contribution in [2.45, 2.75) is 0 Å². The maximum absolute atomic E-state index is 11.1. The number of anilines is 2. The first-order chi connectivity index (χ1) is 12.1. The number of carboxylic acids is 1. The molecule has 2 aromatic carbocycles. The fraction of sp³-hybridized carbons (Fsp3) is 0. The second-order valence-corrected chi connectivity index (χ2v) is 5.97. The number of carbonyl (C=O) groups excluding carboxylic acids is 1. The van der Waals surface area contributed by atoms with Crippen LogP contribution in [0.25, 0.3) is 21.7 Å². The van der Waals surface area contributed by atoms with E-state index < -0.39 is 5.97 Å². The van der Waals surface area contributed by atoms with Crippen LogP contribution in [0, 0.1) is 0 Å². The normalized spacial score (nSPS) is 10.9. The van der Waals surface area contributed by atoms with Crippen molar-refractivity contribution in [2.75, 3.05) is 5.32 Å². The average Bonchev–Trinajstić information content (AvgIpc) is 2.61. The molecule has 0 unspecified atom stereocenters. The van der Waals surface area contributed by atoms with Crippen molar-refractivity contribution in [2.24, 2.45) is 0 Å². The van der Waals surface area contributed by atoms with Gasteiger partial charge in [-0.2, -0.15) is 0 Å². The molecule has 0 aliphatic heterocycles. The van der Waals surface area contributed by atoms with Gasteiger partial charge >= 0.3 is 0 Å². The summed E-state index contributed by atoms with van der Waals surface area (Å²) in [5.74, 6) is -0.637. The van der Waals surface area contributed by atoms with Crippen LogP contribution in [-0.4, -0.2) is 15.9 Å². The number of halogens is 1. The Bertz CT molecular complexity index is 1130. The van der Waals surface area contributed by atoms with Gasteiger partial charge < -0.3 is 15.2 Å². The van der Waals surface area contributed by atoms with Gasteiger partial charge in [-0.3, -0.25) is 4.98 Å². The minimum atomic E-state index is -1.24. The molecule has 0 atom stereocenters. The molecule has 0 aliphatic rings. The van der Waals surface area contributed by atoms with E-state index in [2.05, 4.69) is 15.3 Å². The van der Waals surface area contributed by atoms with Crippen LogP contribution in [0.5, 0.6) is 0 Å². The lowest BCUT2D eigenvalue weighted by Gasteiger charge is -2.12. The van der Waals surface area contributed by atoms with Crippen molar-refractivity contribution < 1.29 is 9.90 Å². The largest absolute Gasteiger partial charge is 0.545 e. The topological polar surface area (TPSA) is 77.9 Å². The molecule has 0 spiro atoms. The quantitative estimate of drug-likeness (QED) is 0.573. The first-order valence-corrected chi connectivity index (χ1v) is 7.91. The van der Waals surface area contributed by atoms with Crippen molar-refractivity contribution in [1.29, 1.82) is 0 Å². The van der Waals surface area contributed by atoms with Gasteiger partial charge in [-0.05, 0) is 35.9 Å². The van der Waals surface area contributed by atoms with E-state index in [0.717, 1.165) is 21.8 Å². The first kappa shape index (κ1) is 15.4. The molecular weight excluding hydrogens is 338 g/mol. The molecule has 0 fully saturated rings. The number of fused-ring (bicyclic) bond motifs is 3. The van der Waals surface area contributed by atoms with Crippen LogP contribution in [0.1, 0.15) is 10.4 Å². The Labute approximate surface area is 147 Å². The third-order valence-electron chi connectivity index (χ3n) is 3.92. The zero-order chi connectivity index (χ0) is 17.4. The van der Waals surface area contributed by atoms with Crippen molar-refractivity contribution in [1.82, 2.24) is 9.97 Å². The molecule has 25 heavy (non-hydrogen) atoms. The molecule has 122 valence electrons. The number of rotatable bonds is 3. The zero-order valence-electron chi connectivity index (χ0n) is 12.9. The fourth-order valence-corrected chi connectivity index (χ4v) is 2.96. The summed E-state index contributed by atoms with van der Waals surface area (Å²) >= 11 is 6.04. The summed E-state index contributed by atoms with van der Waals surface area (Å²) in [5.41, 5.74) is 1.41. The molecular formula is C19H11ClN3O2-. The third kappa shape index (κ3) is 2.86. The van der Waals surface area contributed by atoms with Crippen molar-refractivity contribution in [3.05, 3.63) is 71.5 Å². The molecule has 4 aromatic rings. The van der Waals surface area contributed by atoms with E-state index in [9.17, 15) is 9.90 Å². The second-order valence-electron chi connectivity index (χ2n) is 5.54. The lowest BCUT2D eigenvalue weighted by Crippen LogP contribution is -2.22. The van der Waals surface area contributed by atoms with E-state index in [1.807, 2.05) is 18.2 Å². The highest BCUT2D eigenvalue weighted by atomic mass is 35.5. The number of aromatic carboxylic acids is 1. The second kappa shape index (κ2) is 6.03. The summed E-state index contributed by atoms with van der Waals surface area (Å²) < 4.78 is 0. The summed E-state index contributed by atoms with van der Waals surface area (Å²) in [5, 5.41) is 17.6. The van der Waals surface area contributed by atoms with Gasteiger partial charge in [-0.1, -0.05) is 29.8 Å². The minimum Gasteiger partial charge on any atom is -0.545 e. The van der Waals surface area contributed by atoms with Gasteiger partial charge in [0.2, 0.25) is 0 Å². The Morgan fingerprint density at radius 1 is 1.04 bits per heavy atom. The Morgan fingerprint density at radius 2 is 1.92 bits per heavy atom. The van der Waals surface area contributed by atoms with E-state index in [1.165, 1.54) is 12.1 Å².